The summed E-state index contributed by atoms with van der Waals surface area (Å²) >= 11 is 6.08. The van der Waals surface area contributed by atoms with Crippen LogP contribution in [0.3, 0.4) is 0 Å². The van der Waals surface area contributed by atoms with Gasteiger partial charge in [-0.15, -0.1) is 0 Å². The number of hydrogen-bond donors (Lipinski definition) is 1. The van der Waals surface area contributed by atoms with Gasteiger partial charge < -0.3 is 10.2 Å². The van der Waals surface area contributed by atoms with Crippen molar-refractivity contribution in [3.8, 4) is 5.69 Å². The molecule has 2 rings (SSSR count). The number of carbonyl (C=O) groups excluding carboxylic acids is 1. The van der Waals surface area contributed by atoms with Crippen molar-refractivity contribution in [2.75, 3.05) is 25.0 Å². The first kappa shape index (κ1) is 17.1. The molecule has 0 aliphatic heterocycles. The van der Waals surface area contributed by atoms with Crippen LogP contribution in [-0.2, 0) is 4.79 Å². The van der Waals surface area contributed by atoms with Gasteiger partial charge in [-0.25, -0.2) is 4.68 Å². The van der Waals surface area contributed by atoms with Crippen molar-refractivity contribution >= 4 is 23.2 Å². The fourth-order valence-corrected chi connectivity index (χ4v) is 2.42. The number of hydrogen-bond acceptors (Lipinski definition) is 3. The minimum atomic E-state index is 0.0156. The second-order valence-corrected chi connectivity index (χ2v) is 5.77. The molecule has 0 spiro atoms. The van der Waals surface area contributed by atoms with Crippen molar-refractivity contribution in [1.29, 1.82) is 0 Å². The molecule has 6 heteroatoms. The molecule has 0 aliphatic carbocycles. The average Bonchev–Trinajstić information content (AvgIpc) is 3.04. The fourth-order valence-electron chi connectivity index (χ4n) is 2.25. The van der Waals surface area contributed by atoms with Crippen molar-refractivity contribution in [1.82, 2.24) is 14.7 Å². The van der Waals surface area contributed by atoms with Crippen LogP contribution in [0.1, 0.15) is 13.8 Å². The smallest absolute Gasteiger partial charge is 0.242 e. The van der Waals surface area contributed by atoms with E-state index >= 15 is 0 Å². The second kappa shape index (κ2) is 7.83. The molecule has 0 bridgehead atoms. The molecule has 23 heavy (non-hydrogen) atoms. The molecule has 1 heterocycles. The number of likely N-dealkylation sites (N-methyl/N-ethyl adjacent to an activating group) is 1. The maximum absolute atomic E-state index is 12.3. The highest BCUT2D eigenvalue weighted by Crippen LogP contribution is 2.24. The van der Waals surface area contributed by atoms with E-state index in [1.807, 2.05) is 32.2 Å². The van der Waals surface area contributed by atoms with Crippen LogP contribution in [0.2, 0.25) is 5.02 Å². The quantitative estimate of drug-likeness (QED) is 0.791. The third-order valence-corrected chi connectivity index (χ3v) is 3.57. The number of carbonyl (C=O) groups is 1. The van der Waals surface area contributed by atoms with Gasteiger partial charge in [0.25, 0.3) is 0 Å². The van der Waals surface area contributed by atoms with Gasteiger partial charge in [-0.3, -0.25) is 4.79 Å². The van der Waals surface area contributed by atoms with Crippen molar-refractivity contribution in [2.45, 2.75) is 13.8 Å². The van der Waals surface area contributed by atoms with E-state index in [0.717, 1.165) is 16.9 Å². The highest BCUT2D eigenvalue weighted by Gasteiger charge is 2.13. The van der Waals surface area contributed by atoms with Gasteiger partial charge in [-0.05, 0) is 38.1 Å². The lowest BCUT2D eigenvalue weighted by atomic mass is 10.2. The molecule has 0 radical (unpaired) electrons. The summed E-state index contributed by atoms with van der Waals surface area (Å²) in [7, 11) is 0. The van der Waals surface area contributed by atoms with E-state index in [2.05, 4.69) is 17.0 Å². The lowest BCUT2D eigenvalue weighted by molar-refractivity contribution is -0.128. The molecule has 0 aliphatic rings. The normalized spacial score (nSPS) is 10.4. The van der Waals surface area contributed by atoms with Crippen LogP contribution in [-0.4, -0.2) is 40.2 Å². The van der Waals surface area contributed by atoms with Crippen molar-refractivity contribution in [3.63, 3.8) is 0 Å². The molecule has 0 fully saturated rings. The van der Waals surface area contributed by atoms with Gasteiger partial charge in [0.05, 0.1) is 17.9 Å². The van der Waals surface area contributed by atoms with Crippen LogP contribution in [0, 0.1) is 0 Å². The number of nitrogens with zero attached hydrogens (tertiary/aromatic N) is 3. The molecule has 2 aromatic rings. The van der Waals surface area contributed by atoms with Gasteiger partial charge >= 0.3 is 0 Å². The molecule has 0 unspecified atom stereocenters. The molecule has 5 nitrogen and oxygen atoms in total. The summed E-state index contributed by atoms with van der Waals surface area (Å²) in [6, 6.07) is 7.30. The van der Waals surface area contributed by atoms with Gasteiger partial charge in [0.2, 0.25) is 5.91 Å². The van der Waals surface area contributed by atoms with Gasteiger partial charge in [0, 0.05) is 30.5 Å². The minimum Gasteiger partial charge on any atom is -0.374 e. The summed E-state index contributed by atoms with van der Waals surface area (Å²) in [6.07, 6.45) is 3.55. The number of nitrogens with one attached hydrogen (secondary N) is 1. The van der Waals surface area contributed by atoms with Gasteiger partial charge in [-0.1, -0.05) is 23.8 Å². The average molecular weight is 333 g/mol. The third kappa shape index (κ3) is 4.60. The Morgan fingerprint density at radius 3 is 2.87 bits per heavy atom. The van der Waals surface area contributed by atoms with Crippen LogP contribution in [0.15, 0.2) is 48.8 Å². The number of anilines is 1. The van der Waals surface area contributed by atoms with E-state index in [1.54, 1.807) is 27.9 Å². The van der Waals surface area contributed by atoms with Gasteiger partial charge in [0.15, 0.2) is 0 Å². The molecule has 1 amide bonds. The highest BCUT2D eigenvalue weighted by molar-refractivity contribution is 6.31. The Hall–Kier alpha value is -2.27. The summed E-state index contributed by atoms with van der Waals surface area (Å²) in [6.45, 7) is 9.13. The summed E-state index contributed by atoms with van der Waals surface area (Å²) in [5, 5.41) is 7.99. The zero-order valence-corrected chi connectivity index (χ0v) is 14.2. The monoisotopic (exact) mass is 332 g/mol. The van der Waals surface area contributed by atoms with E-state index in [1.165, 1.54) is 0 Å². The number of amides is 1. The first-order valence-electron chi connectivity index (χ1n) is 7.47. The lowest BCUT2D eigenvalue weighted by Crippen LogP contribution is -2.36. The predicted octanol–water partition coefficient (Wildman–Crippen LogP) is 3.36. The maximum atomic E-state index is 12.3. The van der Waals surface area contributed by atoms with Crippen LogP contribution in [0.25, 0.3) is 5.69 Å². The summed E-state index contributed by atoms with van der Waals surface area (Å²) < 4.78 is 1.73. The van der Waals surface area contributed by atoms with E-state index in [4.69, 9.17) is 11.6 Å². The number of benzene rings is 1. The number of aromatic nitrogens is 2. The standard InChI is InChI=1S/C17H21ClN4O/c1-4-21(12-13(2)3)17(23)11-19-15-10-14(18)6-7-16(15)22-9-5-8-20-22/h5-10,19H,2,4,11-12H2,1,3H3. The molecule has 1 N–H and O–H groups in total. The molecule has 1 aromatic carbocycles. The maximum Gasteiger partial charge on any atom is 0.242 e. The molecular weight excluding hydrogens is 312 g/mol. The zero-order valence-electron chi connectivity index (χ0n) is 13.4. The fraction of sp³-hybridized carbons (Fsp3) is 0.294. The first-order valence-corrected chi connectivity index (χ1v) is 7.84. The van der Waals surface area contributed by atoms with E-state index in [0.29, 0.717) is 18.1 Å². The number of halogens is 1. The van der Waals surface area contributed by atoms with Crippen LogP contribution in [0.4, 0.5) is 5.69 Å². The Labute approximate surface area is 141 Å². The Bertz CT molecular complexity index is 682. The third-order valence-electron chi connectivity index (χ3n) is 3.34. The topological polar surface area (TPSA) is 50.2 Å². The summed E-state index contributed by atoms with van der Waals surface area (Å²) in [5.41, 5.74) is 2.57. The van der Waals surface area contributed by atoms with Gasteiger partial charge in [-0.2, -0.15) is 5.10 Å². The largest absolute Gasteiger partial charge is 0.374 e. The summed E-state index contributed by atoms with van der Waals surface area (Å²) in [5.74, 6) is 0.0156. The second-order valence-electron chi connectivity index (χ2n) is 5.33. The first-order chi connectivity index (χ1) is 11.0. The minimum absolute atomic E-state index is 0.0156. The van der Waals surface area contributed by atoms with Crippen molar-refractivity contribution in [2.24, 2.45) is 0 Å². The lowest BCUT2D eigenvalue weighted by Gasteiger charge is -2.22. The Kier molecular flexibility index (Phi) is 5.82. The van der Waals surface area contributed by atoms with E-state index in [-0.39, 0.29) is 12.5 Å². The van der Waals surface area contributed by atoms with Gasteiger partial charge in [0.1, 0.15) is 0 Å². The molecule has 1 aromatic heterocycles. The highest BCUT2D eigenvalue weighted by atomic mass is 35.5. The van der Waals surface area contributed by atoms with Crippen LogP contribution in [0.5, 0.6) is 0 Å². The Morgan fingerprint density at radius 1 is 1.48 bits per heavy atom. The Balaban J connectivity index is 2.12. The molecule has 0 atom stereocenters. The van der Waals surface area contributed by atoms with Crippen molar-refractivity contribution in [3.05, 3.63) is 53.8 Å². The molecule has 122 valence electrons. The Morgan fingerprint density at radius 2 is 2.26 bits per heavy atom. The molecule has 0 saturated carbocycles. The molecular formula is C17H21ClN4O. The number of rotatable bonds is 7. The van der Waals surface area contributed by atoms with E-state index < -0.39 is 0 Å². The predicted molar refractivity (Wildman–Crippen MR) is 94.1 cm³/mol. The summed E-state index contributed by atoms with van der Waals surface area (Å²) in [4.78, 5) is 14.1. The van der Waals surface area contributed by atoms with E-state index in [9.17, 15) is 4.79 Å². The SMILES string of the molecule is C=C(C)CN(CC)C(=O)CNc1cc(Cl)ccc1-n1cccn1. The molecule has 0 saturated heterocycles. The zero-order chi connectivity index (χ0) is 16.8. The van der Waals surface area contributed by atoms with Crippen molar-refractivity contribution < 1.29 is 4.79 Å². The van der Waals surface area contributed by atoms with Crippen LogP contribution < -0.4 is 5.32 Å². The van der Waals surface area contributed by atoms with Crippen LogP contribution >= 0.6 is 11.6 Å².